The zero-order valence-corrected chi connectivity index (χ0v) is 13.9. The van der Waals surface area contributed by atoms with Crippen LogP contribution in [0.1, 0.15) is 38.3 Å². The van der Waals surface area contributed by atoms with Crippen molar-refractivity contribution in [3.8, 4) is 0 Å². The number of furan rings is 1. The summed E-state index contributed by atoms with van der Waals surface area (Å²) in [6.07, 6.45) is 4.22. The van der Waals surface area contributed by atoms with Crippen molar-refractivity contribution in [2.45, 2.75) is 13.8 Å². The second kappa shape index (κ2) is 7.60. The van der Waals surface area contributed by atoms with Crippen LogP contribution in [0.3, 0.4) is 0 Å². The number of nitrogens with two attached hydrogens (primary N) is 1. The van der Waals surface area contributed by atoms with Gasteiger partial charge in [0.1, 0.15) is 10.8 Å². The van der Waals surface area contributed by atoms with Crippen molar-refractivity contribution in [3.05, 3.63) is 46.2 Å². The van der Waals surface area contributed by atoms with Gasteiger partial charge in [-0.2, -0.15) is 0 Å². The fourth-order valence-corrected chi connectivity index (χ4v) is 3.03. The first-order valence-electron chi connectivity index (χ1n) is 7.07. The monoisotopic (exact) mass is 348 g/mol. The Hall–Kier alpha value is -2.87. The molecular weight excluding hydrogens is 332 g/mol. The summed E-state index contributed by atoms with van der Waals surface area (Å²) in [6.45, 7) is 3.42. The molecule has 2 amide bonds. The summed E-state index contributed by atoms with van der Waals surface area (Å²) < 4.78 is 10.1. The predicted molar refractivity (Wildman–Crippen MR) is 89.9 cm³/mol. The van der Waals surface area contributed by atoms with Gasteiger partial charge in [-0.05, 0) is 37.6 Å². The van der Waals surface area contributed by atoms with Crippen LogP contribution in [-0.2, 0) is 9.53 Å². The Labute approximate surface area is 142 Å². The second-order valence-electron chi connectivity index (χ2n) is 4.68. The molecule has 0 fully saturated rings. The van der Waals surface area contributed by atoms with Crippen molar-refractivity contribution in [3.63, 3.8) is 0 Å². The molecule has 0 aliphatic rings. The van der Waals surface area contributed by atoms with Crippen LogP contribution in [0.5, 0.6) is 0 Å². The summed E-state index contributed by atoms with van der Waals surface area (Å²) >= 11 is 0.935. The number of primary amides is 1. The molecule has 0 saturated heterocycles. The minimum atomic E-state index is -0.672. The highest BCUT2D eigenvalue weighted by molar-refractivity contribution is 7.18. The Morgan fingerprint density at radius 1 is 1.42 bits per heavy atom. The Morgan fingerprint density at radius 3 is 2.75 bits per heavy atom. The molecule has 0 aromatic carbocycles. The standard InChI is InChI=1S/C16H16N2O5S/c1-3-22-16(21)12-9(2)13(14(17)20)24-15(12)18-11(19)7-6-10-5-4-8-23-10/h4-8H,3H2,1-2H3,(H2,17,20)(H,18,19). The van der Waals surface area contributed by atoms with Gasteiger partial charge in [-0.3, -0.25) is 9.59 Å². The SMILES string of the molecule is CCOC(=O)c1c(NC(=O)C=Cc2ccco2)sc(C(N)=O)c1C. The van der Waals surface area contributed by atoms with E-state index in [1.165, 1.54) is 18.4 Å². The molecule has 3 N–H and O–H groups in total. The maximum Gasteiger partial charge on any atom is 0.341 e. The number of rotatable bonds is 6. The highest BCUT2D eigenvalue weighted by atomic mass is 32.1. The minimum absolute atomic E-state index is 0.135. The van der Waals surface area contributed by atoms with Crippen LogP contribution < -0.4 is 11.1 Å². The normalized spacial score (nSPS) is 10.8. The molecule has 0 unspecified atom stereocenters. The minimum Gasteiger partial charge on any atom is -0.465 e. The van der Waals surface area contributed by atoms with E-state index < -0.39 is 17.8 Å². The van der Waals surface area contributed by atoms with Crippen LogP contribution in [-0.4, -0.2) is 24.4 Å². The molecule has 0 saturated carbocycles. The van der Waals surface area contributed by atoms with E-state index in [4.69, 9.17) is 14.9 Å². The van der Waals surface area contributed by atoms with Crippen molar-refractivity contribution in [1.29, 1.82) is 0 Å². The van der Waals surface area contributed by atoms with E-state index in [-0.39, 0.29) is 22.0 Å². The smallest absolute Gasteiger partial charge is 0.341 e. The molecule has 126 valence electrons. The average Bonchev–Trinajstić information content (AvgIpc) is 3.13. The zero-order valence-electron chi connectivity index (χ0n) is 13.1. The van der Waals surface area contributed by atoms with Crippen molar-refractivity contribution >= 4 is 40.2 Å². The van der Waals surface area contributed by atoms with Crippen LogP contribution >= 0.6 is 11.3 Å². The molecule has 8 heteroatoms. The second-order valence-corrected chi connectivity index (χ2v) is 5.70. The Kier molecular flexibility index (Phi) is 5.54. The van der Waals surface area contributed by atoms with E-state index >= 15 is 0 Å². The zero-order chi connectivity index (χ0) is 17.7. The number of hydrogen-bond donors (Lipinski definition) is 2. The fraction of sp³-hybridized carbons (Fsp3) is 0.188. The lowest BCUT2D eigenvalue weighted by molar-refractivity contribution is -0.111. The summed E-state index contributed by atoms with van der Waals surface area (Å²) in [5.41, 5.74) is 5.82. The lowest BCUT2D eigenvalue weighted by Crippen LogP contribution is -2.13. The first kappa shape index (κ1) is 17.5. The van der Waals surface area contributed by atoms with Gasteiger partial charge in [-0.25, -0.2) is 4.79 Å². The van der Waals surface area contributed by atoms with Gasteiger partial charge in [-0.1, -0.05) is 0 Å². The van der Waals surface area contributed by atoms with Gasteiger partial charge in [0.15, 0.2) is 0 Å². The predicted octanol–water partition coefficient (Wildman–Crippen LogP) is 2.58. The molecule has 0 atom stereocenters. The maximum absolute atomic E-state index is 12.1. The van der Waals surface area contributed by atoms with Gasteiger partial charge in [0, 0.05) is 6.08 Å². The number of thiophene rings is 1. The average molecular weight is 348 g/mol. The van der Waals surface area contributed by atoms with E-state index in [0.29, 0.717) is 11.3 Å². The van der Waals surface area contributed by atoms with Crippen molar-refractivity contribution in [2.75, 3.05) is 11.9 Å². The van der Waals surface area contributed by atoms with Gasteiger partial charge in [0.05, 0.1) is 23.3 Å². The number of esters is 1. The first-order chi connectivity index (χ1) is 11.4. The van der Waals surface area contributed by atoms with Crippen molar-refractivity contribution < 1.29 is 23.5 Å². The Morgan fingerprint density at radius 2 is 2.17 bits per heavy atom. The Bertz CT molecular complexity index is 790. The van der Waals surface area contributed by atoms with Crippen LogP contribution in [0.2, 0.25) is 0 Å². The van der Waals surface area contributed by atoms with E-state index in [1.54, 1.807) is 26.0 Å². The van der Waals surface area contributed by atoms with Crippen LogP contribution in [0.15, 0.2) is 28.9 Å². The third-order valence-electron chi connectivity index (χ3n) is 3.03. The van der Waals surface area contributed by atoms with Gasteiger partial charge < -0.3 is 20.2 Å². The molecular formula is C16H16N2O5S. The third kappa shape index (κ3) is 3.90. The molecule has 2 aromatic heterocycles. The number of ether oxygens (including phenoxy) is 1. The number of anilines is 1. The number of nitrogens with one attached hydrogen (secondary N) is 1. The molecule has 2 aromatic rings. The summed E-state index contributed by atoms with van der Waals surface area (Å²) in [7, 11) is 0. The molecule has 0 aliphatic heterocycles. The Balaban J connectivity index is 2.27. The van der Waals surface area contributed by atoms with E-state index in [1.807, 2.05) is 0 Å². The van der Waals surface area contributed by atoms with Crippen molar-refractivity contribution in [2.24, 2.45) is 5.73 Å². The van der Waals surface area contributed by atoms with E-state index in [0.717, 1.165) is 11.3 Å². The maximum atomic E-state index is 12.1. The van der Waals surface area contributed by atoms with Crippen LogP contribution in [0.4, 0.5) is 5.00 Å². The number of amides is 2. The number of carbonyl (C=O) groups is 3. The third-order valence-corrected chi connectivity index (χ3v) is 4.25. The molecule has 0 bridgehead atoms. The van der Waals surface area contributed by atoms with E-state index in [2.05, 4.69) is 5.32 Å². The molecule has 0 radical (unpaired) electrons. The highest BCUT2D eigenvalue weighted by Gasteiger charge is 2.25. The summed E-state index contributed by atoms with van der Waals surface area (Å²) in [5.74, 6) is -1.26. The molecule has 7 nitrogen and oxygen atoms in total. The largest absolute Gasteiger partial charge is 0.465 e. The lowest BCUT2D eigenvalue weighted by Gasteiger charge is -2.05. The lowest BCUT2D eigenvalue weighted by atomic mass is 10.1. The molecule has 0 aliphatic carbocycles. The molecule has 0 spiro atoms. The summed E-state index contributed by atoms with van der Waals surface area (Å²) in [6, 6.07) is 3.38. The van der Waals surface area contributed by atoms with Gasteiger partial charge in [-0.15, -0.1) is 11.3 Å². The molecule has 2 rings (SSSR count). The van der Waals surface area contributed by atoms with Gasteiger partial charge >= 0.3 is 5.97 Å². The summed E-state index contributed by atoms with van der Waals surface area (Å²) in [4.78, 5) is 35.8. The quantitative estimate of drug-likeness (QED) is 0.615. The molecule has 24 heavy (non-hydrogen) atoms. The van der Waals surface area contributed by atoms with Gasteiger partial charge in [0.25, 0.3) is 5.91 Å². The van der Waals surface area contributed by atoms with Crippen LogP contribution in [0, 0.1) is 6.92 Å². The highest BCUT2D eigenvalue weighted by Crippen LogP contribution is 2.33. The summed E-state index contributed by atoms with van der Waals surface area (Å²) in [5, 5.41) is 2.79. The molecule has 2 heterocycles. The first-order valence-corrected chi connectivity index (χ1v) is 7.88. The number of hydrogen-bond acceptors (Lipinski definition) is 6. The fourth-order valence-electron chi connectivity index (χ4n) is 1.98. The van der Waals surface area contributed by atoms with E-state index in [9.17, 15) is 14.4 Å². The van der Waals surface area contributed by atoms with Crippen LogP contribution in [0.25, 0.3) is 6.08 Å². The van der Waals surface area contributed by atoms with Gasteiger partial charge in [0.2, 0.25) is 5.91 Å². The topological polar surface area (TPSA) is 112 Å². The van der Waals surface area contributed by atoms with Crippen molar-refractivity contribution in [1.82, 2.24) is 0 Å². The number of carbonyl (C=O) groups excluding carboxylic acids is 3.